The second-order valence-corrected chi connectivity index (χ2v) is 8.49. The molecule has 1 aliphatic rings. The van der Waals surface area contributed by atoms with Crippen LogP contribution in [0, 0.1) is 0 Å². The summed E-state index contributed by atoms with van der Waals surface area (Å²) in [6, 6.07) is 0. The van der Waals surface area contributed by atoms with E-state index in [-0.39, 0.29) is 13.2 Å². The van der Waals surface area contributed by atoms with Crippen molar-refractivity contribution in [2.45, 2.75) is 70.7 Å². The molecule has 0 aromatic rings. The highest BCUT2D eigenvalue weighted by atomic mass is 31.2. The van der Waals surface area contributed by atoms with Gasteiger partial charge in [0.05, 0.1) is 11.9 Å². The van der Waals surface area contributed by atoms with Gasteiger partial charge in [-0.3, -0.25) is 9.79 Å². The zero-order valence-corrected chi connectivity index (χ0v) is 17.8. The first-order chi connectivity index (χ1) is 13.4. The number of aliphatic hydroxyl groups is 2. The van der Waals surface area contributed by atoms with Crippen LogP contribution in [0.2, 0.25) is 0 Å². The van der Waals surface area contributed by atoms with Gasteiger partial charge in [0.25, 0.3) is 5.76 Å². The number of aliphatic hydroxyl groups excluding tert-OH is 1. The van der Waals surface area contributed by atoms with Gasteiger partial charge in [-0.15, -0.1) is 0 Å². The van der Waals surface area contributed by atoms with Gasteiger partial charge in [-0.25, -0.2) is 9.36 Å². The Morgan fingerprint density at radius 2 is 1.97 bits per heavy atom. The first-order valence-electron chi connectivity index (χ1n) is 9.44. The van der Waals surface area contributed by atoms with E-state index in [4.69, 9.17) is 24.0 Å². The molecule has 29 heavy (non-hydrogen) atoms. The van der Waals surface area contributed by atoms with Gasteiger partial charge in [0.2, 0.25) is 0 Å². The zero-order valence-electron chi connectivity index (χ0n) is 16.9. The molecule has 1 rings (SSSR count). The Morgan fingerprint density at radius 3 is 2.55 bits per heavy atom. The molecule has 0 fully saturated rings. The van der Waals surface area contributed by atoms with E-state index in [9.17, 15) is 19.6 Å². The molecule has 168 valence electrons. The van der Waals surface area contributed by atoms with E-state index in [0.717, 1.165) is 25.7 Å². The Morgan fingerprint density at radius 1 is 1.28 bits per heavy atom. The largest absolute Gasteiger partial charge is 0.525 e. The maximum absolute atomic E-state index is 11.9. The lowest BCUT2D eigenvalue weighted by Crippen LogP contribution is -2.35. The van der Waals surface area contributed by atoms with Crippen molar-refractivity contribution in [1.29, 1.82) is 0 Å². The first kappa shape index (κ1) is 25.5. The molecule has 0 amide bonds. The number of carbonyl (C=O) groups is 1. The molecule has 11 heteroatoms. The molecule has 4 N–H and O–H groups in total. The summed E-state index contributed by atoms with van der Waals surface area (Å²) in [5.41, 5.74) is -1.32. The fourth-order valence-electron chi connectivity index (χ4n) is 2.38. The second-order valence-electron chi connectivity index (χ2n) is 7.32. The number of ether oxygens (including phenoxy) is 3. The Bertz CT molecular complexity index is 631. The summed E-state index contributed by atoms with van der Waals surface area (Å²) in [6.45, 7) is 4.38. The minimum atomic E-state index is -5.08. The number of cyclic esters (lactones) is 1. The molecule has 0 radical (unpaired) electrons. The first-order valence-corrected chi connectivity index (χ1v) is 11.0. The topological polar surface area (TPSA) is 152 Å². The van der Waals surface area contributed by atoms with Crippen LogP contribution in [-0.4, -0.2) is 57.0 Å². The highest BCUT2D eigenvalue weighted by molar-refractivity contribution is 7.46. The molecule has 0 saturated heterocycles. The summed E-state index contributed by atoms with van der Waals surface area (Å²) in [5.74, 6) is -2.47. The Balaban J connectivity index is 2.74. The Hall–Kier alpha value is -1.58. The van der Waals surface area contributed by atoms with Crippen molar-refractivity contribution in [3.8, 4) is 0 Å². The predicted octanol–water partition coefficient (Wildman–Crippen LogP) is 1.88. The number of unbranched alkanes of at least 4 members (excludes halogenated alkanes) is 4. The summed E-state index contributed by atoms with van der Waals surface area (Å²) in [7, 11) is -5.08. The highest BCUT2D eigenvalue weighted by Crippen LogP contribution is 2.43. The van der Waals surface area contributed by atoms with Crippen LogP contribution in [0.4, 0.5) is 0 Å². The lowest BCUT2D eigenvalue weighted by molar-refractivity contribution is -0.148. The molecular weight excluding hydrogens is 407 g/mol. The number of allylic oxidation sites excluding steroid dienone is 1. The van der Waals surface area contributed by atoms with Crippen molar-refractivity contribution in [1.82, 2.24) is 0 Å². The SMILES string of the molecule is CCCCCCC=COC[C@H](O)[C@H]1OC(=O)C(OP(=O)(O)O)=C1OCC(C)(C)O. The number of carbonyl (C=O) groups excluding carboxylic acids is 1. The van der Waals surface area contributed by atoms with E-state index in [1.165, 1.54) is 26.5 Å². The van der Waals surface area contributed by atoms with Crippen LogP contribution in [0.3, 0.4) is 0 Å². The zero-order chi connectivity index (χ0) is 22.1. The minimum Gasteiger partial charge on any atom is -0.499 e. The van der Waals surface area contributed by atoms with E-state index >= 15 is 0 Å². The van der Waals surface area contributed by atoms with Crippen molar-refractivity contribution < 1.29 is 48.1 Å². The molecule has 0 unspecified atom stereocenters. The number of rotatable bonds is 14. The van der Waals surface area contributed by atoms with Gasteiger partial charge < -0.3 is 28.9 Å². The molecule has 10 nitrogen and oxygen atoms in total. The van der Waals surface area contributed by atoms with E-state index in [1.807, 2.05) is 6.08 Å². The summed E-state index contributed by atoms with van der Waals surface area (Å²) in [4.78, 5) is 29.9. The molecular formula is C18H31O10P. The number of phosphoric ester groups is 1. The Kier molecular flexibility index (Phi) is 10.2. The van der Waals surface area contributed by atoms with Crippen LogP contribution in [0.1, 0.15) is 52.9 Å². The number of esters is 1. The van der Waals surface area contributed by atoms with Gasteiger partial charge in [0.15, 0.2) is 11.9 Å². The third-order valence-electron chi connectivity index (χ3n) is 3.73. The van der Waals surface area contributed by atoms with Crippen LogP contribution in [0.15, 0.2) is 23.9 Å². The van der Waals surface area contributed by atoms with E-state index in [1.54, 1.807) is 0 Å². The second kappa shape index (κ2) is 11.6. The Labute approximate surface area is 170 Å². The third kappa shape index (κ3) is 10.1. The molecule has 0 saturated carbocycles. The summed E-state index contributed by atoms with van der Waals surface area (Å²) >= 11 is 0. The van der Waals surface area contributed by atoms with E-state index < -0.39 is 43.1 Å². The lowest BCUT2D eigenvalue weighted by atomic mass is 10.1. The van der Waals surface area contributed by atoms with Gasteiger partial charge in [0.1, 0.15) is 19.3 Å². The third-order valence-corrected chi connectivity index (χ3v) is 4.15. The molecule has 1 heterocycles. The smallest absolute Gasteiger partial charge is 0.499 e. The normalized spacial score (nSPS) is 18.9. The highest BCUT2D eigenvalue weighted by Gasteiger charge is 2.45. The van der Waals surface area contributed by atoms with Gasteiger partial charge in [-0.1, -0.05) is 26.2 Å². The standard InChI is InChI=1S/C18H31O10P/c1-4-5-6-7-8-9-10-25-11-13(19)14-15(26-12-18(2,3)21)16(17(20)27-14)28-29(22,23)24/h9-10,13-14,19,21H,4-8,11-12H2,1-3H3,(H2,22,23,24)/t13-,14+/m0/s1. The van der Waals surface area contributed by atoms with Crippen molar-refractivity contribution in [2.24, 2.45) is 0 Å². The number of hydrogen-bond acceptors (Lipinski definition) is 8. The molecule has 2 atom stereocenters. The molecule has 1 aliphatic heterocycles. The molecule has 0 aromatic carbocycles. The van der Waals surface area contributed by atoms with Crippen LogP contribution in [0.5, 0.6) is 0 Å². The monoisotopic (exact) mass is 438 g/mol. The summed E-state index contributed by atoms with van der Waals surface area (Å²) in [6.07, 6.45) is 5.74. The average molecular weight is 438 g/mol. The van der Waals surface area contributed by atoms with Gasteiger partial charge >= 0.3 is 13.8 Å². The quantitative estimate of drug-likeness (QED) is 0.137. The molecule has 0 aliphatic carbocycles. The summed E-state index contributed by atoms with van der Waals surface area (Å²) < 4.78 is 31.0. The predicted molar refractivity (Wildman–Crippen MR) is 102 cm³/mol. The van der Waals surface area contributed by atoms with Gasteiger partial charge in [0, 0.05) is 0 Å². The molecule has 0 bridgehead atoms. The average Bonchev–Trinajstić information content (AvgIpc) is 2.89. The van der Waals surface area contributed by atoms with E-state index in [2.05, 4.69) is 11.4 Å². The van der Waals surface area contributed by atoms with Gasteiger partial charge in [-0.2, -0.15) is 0 Å². The minimum absolute atomic E-state index is 0.262. The van der Waals surface area contributed by atoms with Crippen LogP contribution < -0.4 is 0 Å². The van der Waals surface area contributed by atoms with Crippen LogP contribution in [0.25, 0.3) is 0 Å². The van der Waals surface area contributed by atoms with Crippen molar-refractivity contribution in [2.75, 3.05) is 13.2 Å². The number of hydrogen-bond donors (Lipinski definition) is 4. The van der Waals surface area contributed by atoms with Crippen LogP contribution >= 0.6 is 7.82 Å². The van der Waals surface area contributed by atoms with Crippen LogP contribution in [-0.2, 0) is 28.1 Å². The maximum Gasteiger partial charge on any atom is 0.525 e. The van der Waals surface area contributed by atoms with E-state index in [0.29, 0.717) is 0 Å². The lowest BCUT2D eigenvalue weighted by Gasteiger charge is -2.23. The maximum atomic E-state index is 11.9. The molecule has 0 spiro atoms. The fraction of sp³-hybridized carbons (Fsp3) is 0.722. The van der Waals surface area contributed by atoms with Crippen molar-refractivity contribution in [3.63, 3.8) is 0 Å². The van der Waals surface area contributed by atoms with Gasteiger partial charge in [-0.05, 0) is 32.8 Å². The molecule has 0 aromatic heterocycles. The fourth-order valence-corrected chi connectivity index (χ4v) is 2.78. The van der Waals surface area contributed by atoms with Crippen molar-refractivity contribution in [3.05, 3.63) is 23.9 Å². The summed E-state index contributed by atoms with van der Waals surface area (Å²) in [5, 5.41) is 20.1. The van der Waals surface area contributed by atoms with Crippen molar-refractivity contribution >= 4 is 13.8 Å². The number of phosphoric acid groups is 1.